The summed E-state index contributed by atoms with van der Waals surface area (Å²) in [6.07, 6.45) is 1.18. The van der Waals surface area contributed by atoms with E-state index in [9.17, 15) is 0 Å². The maximum atomic E-state index is 5.92. The number of halogens is 3. The Labute approximate surface area is 100 Å². The van der Waals surface area contributed by atoms with Crippen molar-refractivity contribution in [3.63, 3.8) is 0 Å². The summed E-state index contributed by atoms with van der Waals surface area (Å²) in [6, 6.07) is 5.78. The number of hydrogen-bond donors (Lipinski definition) is 1. The Hall–Kier alpha value is 0.0500. The highest BCUT2D eigenvalue weighted by Crippen LogP contribution is 2.27. The van der Waals surface area contributed by atoms with E-state index in [0.29, 0.717) is 5.92 Å². The lowest BCUT2D eigenvalue weighted by Gasteiger charge is -2.09. The molecule has 0 bridgehead atoms. The molecule has 4 heteroatoms. The first kappa shape index (κ1) is 12.1. The largest absolute Gasteiger partial charge is 0.316 e. The third-order valence-corrected chi connectivity index (χ3v) is 2.85. The summed E-state index contributed by atoms with van der Waals surface area (Å²) in [7, 11) is 0. The van der Waals surface area contributed by atoms with Crippen LogP contribution in [-0.4, -0.2) is 13.1 Å². The Bertz CT molecular complexity index is 288. The zero-order valence-corrected chi connectivity index (χ0v) is 9.92. The summed E-state index contributed by atoms with van der Waals surface area (Å²) in [6.45, 7) is 2.13. The molecule has 1 heterocycles. The van der Waals surface area contributed by atoms with Crippen molar-refractivity contribution in [2.75, 3.05) is 13.1 Å². The molecule has 1 atom stereocenters. The van der Waals surface area contributed by atoms with Gasteiger partial charge in [0.15, 0.2) is 0 Å². The zero-order chi connectivity index (χ0) is 9.26. The lowest BCUT2D eigenvalue weighted by molar-refractivity contribution is 0.763. The van der Waals surface area contributed by atoms with Gasteiger partial charge in [-0.1, -0.05) is 23.2 Å². The molecule has 78 valence electrons. The standard InChI is InChI=1S/C10H11Cl2N.ClH/c11-9-3-8(4-10(12)5-9)7-1-2-13-6-7;/h3-5,7,13H,1-2,6H2;1H. The van der Waals surface area contributed by atoms with Crippen LogP contribution in [0.15, 0.2) is 18.2 Å². The second-order valence-corrected chi connectivity index (χ2v) is 4.27. The maximum Gasteiger partial charge on any atom is 0.0423 e. The predicted molar refractivity (Wildman–Crippen MR) is 63.9 cm³/mol. The van der Waals surface area contributed by atoms with E-state index < -0.39 is 0 Å². The van der Waals surface area contributed by atoms with Crippen LogP contribution >= 0.6 is 35.6 Å². The fraction of sp³-hybridized carbons (Fsp3) is 0.400. The van der Waals surface area contributed by atoms with Crippen molar-refractivity contribution in [1.29, 1.82) is 0 Å². The number of nitrogens with one attached hydrogen (secondary N) is 1. The van der Waals surface area contributed by atoms with Crippen molar-refractivity contribution in [3.05, 3.63) is 33.8 Å². The van der Waals surface area contributed by atoms with Gasteiger partial charge in [-0.2, -0.15) is 0 Å². The molecular formula is C10H12Cl3N. The molecule has 1 saturated heterocycles. The third kappa shape index (κ3) is 2.77. The Morgan fingerprint density at radius 2 is 1.79 bits per heavy atom. The van der Waals surface area contributed by atoms with Crippen molar-refractivity contribution in [3.8, 4) is 0 Å². The lowest BCUT2D eigenvalue weighted by Crippen LogP contribution is -2.07. The average molecular weight is 253 g/mol. The molecule has 1 N–H and O–H groups in total. The second kappa shape index (κ2) is 5.22. The maximum absolute atomic E-state index is 5.92. The summed E-state index contributed by atoms with van der Waals surface area (Å²) >= 11 is 11.8. The van der Waals surface area contributed by atoms with E-state index in [0.717, 1.165) is 23.1 Å². The van der Waals surface area contributed by atoms with Crippen molar-refractivity contribution in [1.82, 2.24) is 5.32 Å². The normalized spacial score (nSPS) is 20.6. The van der Waals surface area contributed by atoms with Crippen LogP contribution < -0.4 is 5.32 Å². The minimum Gasteiger partial charge on any atom is -0.316 e. The van der Waals surface area contributed by atoms with E-state index in [1.54, 1.807) is 6.07 Å². The van der Waals surface area contributed by atoms with Gasteiger partial charge in [0.1, 0.15) is 0 Å². The van der Waals surface area contributed by atoms with Gasteiger partial charge in [0, 0.05) is 16.6 Å². The first-order valence-corrected chi connectivity index (χ1v) is 5.18. The smallest absolute Gasteiger partial charge is 0.0423 e. The van der Waals surface area contributed by atoms with E-state index in [1.807, 2.05) is 12.1 Å². The molecule has 1 aromatic carbocycles. The molecule has 0 radical (unpaired) electrons. The van der Waals surface area contributed by atoms with Crippen molar-refractivity contribution < 1.29 is 0 Å². The van der Waals surface area contributed by atoms with Crippen LogP contribution in [-0.2, 0) is 0 Å². The zero-order valence-electron chi connectivity index (χ0n) is 7.59. The van der Waals surface area contributed by atoms with Gasteiger partial charge < -0.3 is 5.32 Å². The van der Waals surface area contributed by atoms with Gasteiger partial charge >= 0.3 is 0 Å². The summed E-state index contributed by atoms with van der Waals surface area (Å²) in [5.41, 5.74) is 1.25. The van der Waals surface area contributed by atoms with Crippen LogP contribution in [0.2, 0.25) is 10.0 Å². The Morgan fingerprint density at radius 1 is 1.14 bits per heavy atom. The van der Waals surface area contributed by atoms with Crippen LogP contribution in [0.3, 0.4) is 0 Å². The number of rotatable bonds is 1. The van der Waals surface area contributed by atoms with Gasteiger partial charge in [-0.3, -0.25) is 0 Å². The van der Waals surface area contributed by atoms with Crippen LogP contribution in [0.5, 0.6) is 0 Å². The average Bonchev–Trinajstić information content (AvgIpc) is 2.53. The van der Waals surface area contributed by atoms with E-state index in [-0.39, 0.29) is 12.4 Å². The van der Waals surface area contributed by atoms with Crippen LogP contribution in [0.4, 0.5) is 0 Å². The van der Waals surface area contributed by atoms with Crippen LogP contribution in [0.25, 0.3) is 0 Å². The van der Waals surface area contributed by atoms with E-state index in [2.05, 4.69) is 5.32 Å². The van der Waals surface area contributed by atoms with Crippen LogP contribution in [0, 0.1) is 0 Å². The highest BCUT2D eigenvalue weighted by atomic mass is 35.5. The number of hydrogen-bond acceptors (Lipinski definition) is 1. The summed E-state index contributed by atoms with van der Waals surface area (Å²) in [4.78, 5) is 0. The highest BCUT2D eigenvalue weighted by molar-refractivity contribution is 6.34. The Morgan fingerprint density at radius 3 is 2.29 bits per heavy atom. The Kier molecular flexibility index (Phi) is 4.52. The first-order chi connectivity index (χ1) is 6.25. The molecule has 1 aliphatic rings. The molecule has 0 amide bonds. The fourth-order valence-electron chi connectivity index (χ4n) is 1.75. The molecule has 2 rings (SSSR count). The SMILES string of the molecule is Cl.Clc1cc(Cl)cc(C2CCNC2)c1. The molecule has 0 saturated carbocycles. The minimum atomic E-state index is 0. The molecular weight excluding hydrogens is 240 g/mol. The molecule has 1 fully saturated rings. The van der Waals surface area contributed by atoms with Crippen molar-refractivity contribution in [2.24, 2.45) is 0 Å². The van der Waals surface area contributed by atoms with E-state index >= 15 is 0 Å². The lowest BCUT2D eigenvalue weighted by atomic mass is 9.99. The monoisotopic (exact) mass is 251 g/mol. The summed E-state index contributed by atoms with van der Waals surface area (Å²) < 4.78 is 0. The van der Waals surface area contributed by atoms with Gasteiger partial charge in [-0.05, 0) is 42.6 Å². The highest BCUT2D eigenvalue weighted by Gasteiger charge is 2.16. The molecule has 1 nitrogen and oxygen atoms in total. The van der Waals surface area contributed by atoms with Gasteiger partial charge in [-0.25, -0.2) is 0 Å². The van der Waals surface area contributed by atoms with Gasteiger partial charge in [-0.15, -0.1) is 12.4 Å². The Balaban J connectivity index is 0.000000980. The topological polar surface area (TPSA) is 12.0 Å². The minimum absolute atomic E-state index is 0. The van der Waals surface area contributed by atoms with Gasteiger partial charge in [0.25, 0.3) is 0 Å². The number of benzene rings is 1. The summed E-state index contributed by atoms with van der Waals surface area (Å²) in [5.74, 6) is 0.580. The molecule has 0 spiro atoms. The molecule has 1 aliphatic heterocycles. The van der Waals surface area contributed by atoms with Gasteiger partial charge in [0.2, 0.25) is 0 Å². The van der Waals surface area contributed by atoms with E-state index in [4.69, 9.17) is 23.2 Å². The third-order valence-electron chi connectivity index (χ3n) is 2.42. The molecule has 14 heavy (non-hydrogen) atoms. The van der Waals surface area contributed by atoms with Crippen LogP contribution in [0.1, 0.15) is 17.9 Å². The molecule has 0 aliphatic carbocycles. The summed E-state index contributed by atoms with van der Waals surface area (Å²) in [5, 5.41) is 4.79. The molecule has 1 unspecified atom stereocenters. The van der Waals surface area contributed by atoms with E-state index in [1.165, 1.54) is 12.0 Å². The van der Waals surface area contributed by atoms with Crippen molar-refractivity contribution in [2.45, 2.75) is 12.3 Å². The fourth-order valence-corrected chi connectivity index (χ4v) is 2.29. The molecule has 0 aromatic heterocycles. The van der Waals surface area contributed by atoms with Gasteiger partial charge in [0.05, 0.1) is 0 Å². The predicted octanol–water partition coefficient (Wildman–Crippen LogP) is 3.49. The first-order valence-electron chi connectivity index (χ1n) is 4.42. The second-order valence-electron chi connectivity index (χ2n) is 3.39. The molecule has 1 aromatic rings. The quantitative estimate of drug-likeness (QED) is 0.807. The van der Waals surface area contributed by atoms with Crippen molar-refractivity contribution >= 4 is 35.6 Å².